The van der Waals surface area contributed by atoms with E-state index >= 15 is 0 Å². The van der Waals surface area contributed by atoms with Crippen LogP contribution in [0.3, 0.4) is 0 Å². The topological polar surface area (TPSA) is 119 Å². The van der Waals surface area contributed by atoms with Gasteiger partial charge >= 0.3 is 0 Å². The quantitative estimate of drug-likeness (QED) is 0.442. The molecule has 1 unspecified atom stereocenters. The second kappa shape index (κ2) is 8.26. The lowest BCUT2D eigenvalue weighted by Crippen LogP contribution is -2.52. The van der Waals surface area contributed by atoms with Crippen LogP contribution in [0.25, 0.3) is 22.2 Å². The van der Waals surface area contributed by atoms with Gasteiger partial charge in [-0.15, -0.1) is 5.10 Å². The van der Waals surface area contributed by atoms with Gasteiger partial charge in [-0.3, -0.25) is 24.5 Å². The average Bonchev–Trinajstić information content (AvgIpc) is 3.47. The molecule has 0 bridgehead atoms. The molecule has 36 heavy (non-hydrogen) atoms. The fourth-order valence-corrected chi connectivity index (χ4v) is 5.02. The van der Waals surface area contributed by atoms with Crippen LogP contribution in [0.15, 0.2) is 59.5 Å². The minimum atomic E-state index is -0.656. The van der Waals surface area contributed by atoms with E-state index in [0.717, 1.165) is 22.0 Å². The minimum Gasteiger partial charge on any atom is -0.322 e. The van der Waals surface area contributed by atoms with Gasteiger partial charge in [0.25, 0.3) is 11.5 Å². The molecule has 1 atom stereocenters. The van der Waals surface area contributed by atoms with E-state index in [4.69, 9.17) is 0 Å². The predicted octanol–water partition coefficient (Wildman–Crippen LogP) is 1.61. The molecular weight excluding hydrogens is 460 g/mol. The zero-order valence-electron chi connectivity index (χ0n) is 19.5. The number of nitrogens with zero attached hydrogens (tertiary/aromatic N) is 5. The highest BCUT2D eigenvalue weighted by atomic mass is 16.2. The molecule has 2 aromatic carbocycles. The maximum absolute atomic E-state index is 12.9. The number of amides is 3. The zero-order chi connectivity index (χ0) is 25.0. The van der Waals surface area contributed by atoms with Gasteiger partial charge in [0, 0.05) is 36.7 Å². The van der Waals surface area contributed by atoms with Gasteiger partial charge in [0.05, 0.1) is 18.3 Å². The fourth-order valence-electron chi connectivity index (χ4n) is 5.02. The van der Waals surface area contributed by atoms with E-state index in [1.54, 1.807) is 34.6 Å². The van der Waals surface area contributed by atoms with Crippen molar-refractivity contribution >= 4 is 28.6 Å². The molecule has 2 aliphatic rings. The largest absolute Gasteiger partial charge is 0.322 e. The van der Waals surface area contributed by atoms with Crippen molar-refractivity contribution in [1.29, 1.82) is 0 Å². The number of hydrogen-bond acceptors (Lipinski definition) is 6. The van der Waals surface area contributed by atoms with Crippen LogP contribution in [-0.2, 0) is 29.7 Å². The summed E-state index contributed by atoms with van der Waals surface area (Å²) >= 11 is 0. The normalized spacial score (nSPS) is 17.5. The van der Waals surface area contributed by atoms with Crippen LogP contribution in [0.1, 0.15) is 34.3 Å². The van der Waals surface area contributed by atoms with Gasteiger partial charge < -0.3 is 9.47 Å². The van der Waals surface area contributed by atoms with Crippen LogP contribution in [0, 0.1) is 0 Å². The molecule has 2 aliphatic heterocycles. The van der Waals surface area contributed by atoms with Crippen LogP contribution in [0.4, 0.5) is 0 Å². The Kier molecular flexibility index (Phi) is 5.03. The number of carbonyl (C=O) groups is 3. The number of pyridine rings is 1. The van der Waals surface area contributed by atoms with E-state index < -0.39 is 11.9 Å². The van der Waals surface area contributed by atoms with Crippen LogP contribution >= 0.6 is 0 Å². The number of carbonyl (C=O) groups excluding carboxylic acids is 3. The zero-order valence-corrected chi connectivity index (χ0v) is 19.5. The predicted molar refractivity (Wildman–Crippen MR) is 130 cm³/mol. The standard InChI is InChI=1S/C26H22N6O4/c1-30-21-5-3-2-4-16(21)11-18(25(30)35)12-31-14-20(28-29-31)15-6-7-19-17(10-15)13-32(26(19)36)22-8-9-23(33)27-24(22)34/h2-7,10-11,14,22H,8-9,12-13H2,1H3,(H,27,33,34). The number of fused-ring (bicyclic) bond motifs is 2. The third-order valence-electron chi connectivity index (χ3n) is 6.90. The molecule has 0 radical (unpaired) electrons. The van der Waals surface area contributed by atoms with Crippen LogP contribution in [0.2, 0.25) is 0 Å². The van der Waals surface area contributed by atoms with Crippen LogP contribution < -0.4 is 10.9 Å². The maximum atomic E-state index is 12.9. The van der Waals surface area contributed by atoms with Crippen molar-refractivity contribution in [3.8, 4) is 11.3 Å². The number of aryl methyl sites for hydroxylation is 1. The molecule has 1 N–H and O–H groups in total. The van der Waals surface area contributed by atoms with Gasteiger partial charge in [-0.2, -0.15) is 0 Å². The Morgan fingerprint density at radius 1 is 1.06 bits per heavy atom. The summed E-state index contributed by atoms with van der Waals surface area (Å²) in [6.45, 7) is 0.562. The number of nitrogens with one attached hydrogen (secondary N) is 1. The summed E-state index contributed by atoms with van der Waals surface area (Å²) in [6, 6.07) is 14.3. The lowest BCUT2D eigenvalue weighted by atomic mass is 10.0. The Bertz CT molecular complexity index is 1640. The summed E-state index contributed by atoms with van der Waals surface area (Å²) in [5.74, 6) is -0.968. The third kappa shape index (κ3) is 3.58. The van der Waals surface area contributed by atoms with E-state index in [-0.39, 0.29) is 36.9 Å². The van der Waals surface area contributed by atoms with Gasteiger partial charge in [-0.25, -0.2) is 4.68 Å². The number of para-hydroxylation sites is 1. The summed E-state index contributed by atoms with van der Waals surface area (Å²) < 4.78 is 3.25. The van der Waals surface area contributed by atoms with E-state index in [9.17, 15) is 19.2 Å². The Labute approximate surface area is 205 Å². The summed E-state index contributed by atoms with van der Waals surface area (Å²) in [5, 5.41) is 11.8. The number of rotatable bonds is 4. The molecule has 0 spiro atoms. The van der Waals surface area contributed by atoms with Crippen molar-refractivity contribution in [1.82, 2.24) is 29.8 Å². The second-order valence-corrected chi connectivity index (χ2v) is 9.17. The van der Waals surface area contributed by atoms with E-state index in [1.807, 2.05) is 36.4 Å². The number of piperidine rings is 1. The molecule has 4 heterocycles. The Hall–Kier alpha value is -4.60. The summed E-state index contributed by atoms with van der Waals surface area (Å²) in [4.78, 5) is 51.0. The van der Waals surface area contributed by atoms with E-state index in [0.29, 0.717) is 23.2 Å². The first kappa shape index (κ1) is 21.9. The van der Waals surface area contributed by atoms with Crippen molar-refractivity contribution in [3.63, 3.8) is 0 Å². The highest BCUT2D eigenvalue weighted by Crippen LogP contribution is 2.30. The third-order valence-corrected chi connectivity index (χ3v) is 6.90. The molecule has 2 aromatic heterocycles. The van der Waals surface area contributed by atoms with Crippen molar-refractivity contribution in [2.45, 2.75) is 32.0 Å². The van der Waals surface area contributed by atoms with Gasteiger partial charge in [0.1, 0.15) is 11.7 Å². The Morgan fingerprint density at radius 3 is 2.72 bits per heavy atom. The first-order chi connectivity index (χ1) is 17.4. The molecule has 0 saturated carbocycles. The van der Waals surface area contributed by atoms with Crippen LogP contribution in [0.5, 0.6) is 0 Å². The molecular formula is C26H22N6O4. The van der Waals surface area contributed by atoms with Crippen molar-refractivity contribution in [2.24, 2.45) is 7.05 Å². The van der Waals surface area contributed by atoms with Gasteiger partial charge in [-0.1, -0.05) is 29.5 Å². The maximum Gasteiger partial charge on any atom is 0.255 e. The highest BCUT2D eigenvalue weighted by Gasteiger charge is 2.39. The van der Waals surface area contributed by atoms with Gasteiger partial charge in [-0.05, 0) is 41.6 Å². The smallest absolute Gasteiger partial charge is 0.255 e. The Balaban J connectivity index is 1.25. The molecule has 6 rings (SSSR count). The first-order valence-electron chi connectivity index (χ1n) is 11.6. The van der Waals surface area contributed by atoms with Crippen molar-refractivity contribution < 1.29 is 14.4 Å². The molecule has 0 aliphatic carbocycles. The molecule has 3 amide bonds. The molecule has 4 aromatic rings. The lowest BCUT2D eigenvalue weighted by Gasteiger charge is -2.29. The second-order valence-electron chi connectivity index (χ2n) is 9.17. The van der Waals surface area contributed by atoms with E-state index in [2.05, 4.69) is 15.6 Å². The van der Waals surface area contributed by atoms with Gasteiger partial charge in [0.2, 0.25) is 11.8 Å². The molecule has 180 valence electrons. The first-order valence-corrected chi connectivity index (χ1v) is 11.6. The number of imide groups is 1. The van der Waals surface area contributed by atoms with Crippen LogP contribution in [-0.4, -0.2) is 48.2 Å². The van der Waals surface area contributed by atoms with Crippen molar-refractivity contribution in [3.05, 3.63) is 81.8 Å². The monoisotopic (exact) mass is 482 g/mol. The molecule has 10 heteroatoms. The summed E-state index contributed by atoms with van der Waals surface area (Å²) in [5.41, 5.74) is 4.11. The fraction of sp³-hybridized carbons (Fsp3) is 0.231. The average molecular weight is 483 g/mol. The molecule has 1 saturated heterocycles. The SMILES string of the molecule is Cn1c(=O)c(Cn2cc(-c3ccc4c(c3)CN(C3CCC(=O)NC3=O)C4=O)nn2)cc2ccccc21. The van der Waals surface area contributed by atoms with Gasteiger partial charge in [0.15, 0.2) is 0 Å². The summed E-state index contributed by atoms with van der Waals surface area (Å²) in [6.07, 6.45) is 2.30. The van der Waals surface area contributed by atoms with Crippen molar-refractivity contribution in [2.75, 3.05) is 0 Å². The highest BCUT2D eigenvalue weighted by molar-refractivity contribution is 6.05. The number of benzene rings is 2. The molecule has 1 fully saturated rings. The number of hydrogen-bond donors (Lipinski definition) is 1. The lowest BCUT2D eigenvalue weighted by molar-refractivity contribution is -0.136. The molecule has 10 nitrogen and oxygen atoms in total. The Morgan fingerprint density at radius 2 is 1.89 bits per heavy atom. The van der Waals surface area contributed by atoms with E-state index in [1.165, 1.54) is 4.90 Å². The summed E-state index contributed by atoms with van der Waals surface area (Å²) in [7, 11) is 1.75. The minimum absolute atomic E-state index is 0.0877. The number of aromatic nitrogens is 4.